The maximum atomic E-state index is 11.8. The first-order valence-electron chi connectivity index (χ1n) is 7.68. The normalized spacial score (nSPS) is 9.92. The number of rotatable bonds is 7. The molecule has 0 radical (unpaired) electrons. The van der Waals surface area contributed by atoms with Crippen LogP contribution in [-0.2, 0) is 4.74 Å². The molecule has 0 aliphatic heterocycles. The molecule has 0 aromatic heterocycles. The van der Waals surface area contributed by atoms with E-state index in [1.54, 1.807) is 24.3 Å². The van der Waals surface area contributed by atoms with Gasteiger partial charge in [0.25, 0.3) is 5.69 Å². The first-order chi connectivity index (χ1) is 12.0. The van der Waals surface area contributed by atoms with E-state index in [0.29, 0.717) is 17.9 Å². The van der Waals surface area contributed by atoms with Crippen molar-refractivity contribution in [3.8, 4) is 17.6 Å². The number of carbonyl (C=O) groups is 1. The molecule has 2 aromatic carbocycles. The van der Waals surface area contributed by atoms with Gasteiger partial charge < -0.3 is 9.47 Å². The number of nitro groups is 1. The molecule has 0 amide bonds. The summed E-state index contributed by atoms with van der Waals surface area (Å²) in [5.41, 5.74) is 0.263. The number of nitrogens with zero attached hydrogens (tertiary/aromatic N) is 2. The number of carbonyl (C=O) groups excluding carboxylic acids is 1. The van der Waals surface area contributed by atoms with E-state index in [1.165, 1.54) is 12.1 Å². The molecule has 0 bridgehead atoms. The van der Waals surface area contributed by atoms with Crippen LogP contribution in [0.3, 0.4) is 0 Å². The second-order valence-corrected chi connectivity index (χ2v) is 5.17. The minimum atomic E-state index is -0.580. The number of hydrogen-bond donors (Lipinski definition) is 0. The van der Waals surface area contributed by atoms with Gasteiger partial charge >= 0.3 is 5.97 Å². The molecule has 0 unspecified atom stereocenters. The first-order valence-corrected chi connectivity index (χ1v) is 7.68. The van der Waals surface area contributed by atoms with Gasteiger partial charge in [-0.2, -0.15) is 5.26 Å². The summed E-state index contributed by atoms with van der Waals surface area (Å²) in [6, 6.07) is 11.9. The Bertz CT molecular complexity index is 809. The number of non-ortho nitro benzene ring substituents is 1. The van der Waals surface area contributed by atoms with Gasteiger partial charge in [0.1, 0.15) is 23.1 Å². The van der Waals surface area contributed by atoms with Crippen molar-refractivity contribution in [3.63, 3.8) is 0 Å². The molecule has 2 rings (SSSR count). The molecular weight excluding hydrogens is 324 g/mol. The Morgan fingerprint density at radius 3 is 2.56 bits per heavy atom. The third-order valence-electron chi connectivity index (χ3n) is 3.34. The number of esters is 1. The van der Waals surface area contributed by atoms with Crippen LogP contribution in [-0.4, -0.2) is 17.5 Å². The Kier molecular flexibility index (Phi) is 6.07. The van der Waals surface area contributed by atoms with Crippen LogP contribution in [0.2, 0.25) is 0 Å². The van der Waals surface area contributed by atoms with Gasteiger partial charge in [-0.25, -0.2) is 4.79 Å². The summed E-state index contributed by atoms with van der Waals surface area (Å²) in [4.78, 5) is 22.0. The number of nitriles is 1. The summed E-state index contributed by atoms with van der Waals surface area (Å²) in [6.45, 7) is 2.38. The van der Waals surface area contributed by atoms with Crippen molar-refractivity contribution in [3.05, 3.63) is 63.7 Å². The second kappa shape index (κ2) is 8.45. The Balaban J connectivity index is 2.10. The van der Waals surface area contributed by atoms with Crippen LogP contribution in [0.15, 0.2) is 42.5 Å². The van der Waals surface area contributed by atoms with Gasteiger partial charge in [-0.05, 0) is 36.8 Å². The van der Waals surface area contributed by atoms with Gasteiger partial charge in [0.15, 0.2) is 0 Å². The number of unbranched alkanes of at least 4 members (excludes halogenated alkanes) is 1. The molecule has 7 nitrogen and oxygen atoms in total. The lowest BCUT2D eigenvalue weighted by Gasteiger charge is -2.08. The SMILES string of the molecule is CCCCOC(=O)c1ccc(Oc2ccc([N+](=O)[O-])cc2C#N)cc1. The second-order valence-electron chi connectivity index (χ2n) is 5.17. The van der Waals surface area contributed by atoms with Crippen LogP contribution in [0, 0.1) is 21.4 Å². The highest BCUT2D eigenvalue weighted by atomic mass is 16.6. The zero-order valence-corrected chi connectivity index (χ0v) is 13.6. The maximum Gasteiger partial charge on any atom is 0.338 e. The average molecular weight is 340 g/mol. The van der Waals surface area contributed by atoms with Crippen molar-refractivity contribution >= 4 is 11.7 Å². The topological polar surface area (TPSA) is 102 Å². The summed E-state index contributed by atoms with van der Waals surface area (Å²) in [5, 5.41) is 19.9. The lowest BCUT2D eigenvalue weighted by molar-refractivity contribution is -0.384. The Morgan fingerprint density at radius 1 is 1.24 bits per heavy atom. The van der Waals surface area contributed by atoms with Crippen LogP contribution in [0.1, 0.15) is 35.7 Å². The van der Waals surface area contributed by atoms with Crippen LogP contribution < -0.4 is 4.74 Å². The fraction of sp³-hybridized carbons (Fsp3) is 0.222. The highest BCUT2D eigenvalue weighted by Gasteiger charge is 2.13. The van der Waals surface area contributed by atoms with Crippen molar-refractivity contribution in [2.75, 3.05) is 6.61 Å². The molecule has 0 heterocycles. The summed E-state index contributed by atoms with van der Waals surface area (Å²) in [6.07, 6.45) is 1.75. The molecule has 2 aromatic rings. The van der Waals surface area contributed by atoms with E-state index in [-0.39, 0.29) is 17.0 Å². The van der Waals surface area contributed by atoms with E-state index >= 15 is 0 Å². The lowest BCUT2D eigenvalue weighted by Crippen LogP contribution is -2.06. The summed E-state index contributed by atoms with van der Waals surface area (Å²) in [5.74, 6) is 0.190. The quantitative estimate of drug-likeness (QED) is 0.324. The summed E-state index contributed by atoms with van der Waals surface area (Å²) < 4.78 is 10.7. The largest absolute Gasteiger partial charge is 0.462 e. The molecule has 0 saturated heterocycles. The Labute approximate surface area is 144 Å². The number of ether oxygens (including phenoxy) is 2. The van der Waals surface area contributed by atoms with Gasteiger partial charge in [0.05, 0.1) is 17.1 Å². The molecule has 25 heavy (non-hydrogen) atoms. The molecule has 128 valence electrons. The van der Waals surface area contributed by atoms with E-state index < -0.39 is 10.9 Å². The zero-order valence-electron chi connectivity index (χ0n) is 13.6. The molecule has 7 heteroatoms. The van der Waals surface area contributed by atoms with Crippen molar-refractivity contribution < 1.29 is 19.2 Å². The van der Waals surface area contributed by atoms with Crippen molar-refractivity contribution in [2.45, 2.75) is 19.8 Å². The molecule has 0 aliphatic rings. The number of nitro benzene ring substituents is 1. The van der Waals surface area contributed by atoms with Gasteiger partial charge in [-0.1, -0.05) is 13.3 Å². The predicted molar refractivity (Wildman–Crippen MR) is 89.5 cm³/mol. The van der Waals surface area contributed by atoms with E-state index in [0.717, 1.165) is 18.9 Å². The monoisotopic (exact) mass is 340 g/mol. The lowest BCUT2D eigenvalue weighted by atomic mass is 10.2. The molecular formula is C18H16N2O5. The fourth-order valence-corrected chi connectivity index (χ4v) is 1.99. The highest BCUT2D eigenvalue weighted by Crippen LogP contribution is 2.28. The van der Waals surface area contributed by atoms with Crippen LogP contribution >= 0.6 is 0 Å². The smallest absolute Gasteiger partial charge is 0.338 e. The molecule has 0 N–H and O–H groups in total. The van der Waals surface area contributed by atoms with Crippen LogP contribution in [0.25, 0.3) is 0 Å². The number of hydrogen-bond acceptors (Lipinski definition) is 6. The molecule has 0 spiro atoms. The van der Waals surface area contributed by atoms with E-state index in [9.17, 15) is 14.9 Å². The Hall–Kier alpha value is -3.40. The van der Waals surface area contributed by atoms with Gasteiger partial charge in [0.2, 0.25) is 0 Å². The van der Waals surface area contributed by atoms with E-state index in [1.807, 2.05) is 13.0 Å². The van der Waals surface area contributed by atoms with Gasteiger partial charge in [-0.15, -0.1) is 0 Å². The Morgan fingerprint density at radius 2 is 1.96 bits per heavy atom. The van der Waals surface area contributed by atoms with E-state index in [2.05, 4.69) is 0 Å². The molecule has 0 atom stereocenters. The molecule has 0 saturated carbocycles. The molecule has 0 fully saturated rings. The van der Waals surface area contributed by atoms with Crippen LogP contribution in [0.4, 0.5) is 5.69 Å². The van der Waals surface area contributed by atoms with Crippen molar-refractivity contribution in [1.29, 1.82) is 5.26 Å². The third kappa shape index (κ3) is 4.78. The average Bonchev–Trinajstić information content (AvgIpc) is 2.62. The highest BCUT2D eigenvalue weighted by molar-refractivity contribution is 5.89. The summed E-state index contributed by atoms with van der Waals surface area (Å²) >= 11 is 0. The maximum absolute atomic E-state index is 11.8. The van der Waals surface area contributed by atoms with Gasteiger partial charge in [-0.3, -0.25) is 10.1 Å². The summed E-state index contributed by atoms with van der Waals surface area (Å²) in [7, 11) is 0. The van der Waals surface area contributed by atoms with E-state index in [4.69, 9.17) is 14.7 Å². The predicted octanol–water partition coefficient (Wildman–Crippen LogP) is 4.22. The molecule has 0 aliphatic carbocycles. The zero-order chi connectivity index (χ0) is 18.2. The number of benzene rings is 2. The minimum Gasteiger partial charge on any atom is -0.462 e. The third-order valence-corrected chi connectivity index (χ3v) is 3.34. The van der Waals surface area contributed by atoms with Crippen LogP contribution in [0.5, 0.6) is 11.5 Å². The first kappa shape index (κ1) is 17.9. The fourth-order valence-electron chi connectivity index (χ4n) is 1.99. The standard InChI is InChI=1S/C18H16N2O5/c1-2-3-10-24-18(21)13-4-7-16(8-5-13)25-17-9-6-15(20(22)23)11-14(17)12-19/h4-9,11H,2-3,10H2,1H3. The van der Waals surface area contributed by atoms with Crippen molar-refractivity contribution in [1.82, 2.24) is 0 Å². The minimum absolute atomic E-state index is 0.0530. The van der Waals surface area contributed by atoms with Crippen molar-refractivity contribution in [2.24, 2.45) is 0 Å². The van der Waals surface area contributed by atoms with Gasteiger partial charge in [0, 0.05) is 12.1 Å².